The first-order chi connectivity index (χ1) is 7.72. The van der Waals surface area contributed by atoms with E-state index in [0.717, 1.165) is 4.88 Å². The van der Waals surface area contributed by atoms with Crippen molar-refractivity contribution >= 4 is 17.1 Å². The molecule has 16 heavy (non-hydrogen) atoms. The fraction of sp³-hybridized carbons (Fsp3) is 0.214. The van der Waals surface area contributed by atoms with E-state index in [1.54, 1.807) is 11.3 Å². The second-order valence-electron chi connectivity index (χ2n) is 4.46. The number of carbonyl (C=O) groups is 1. The monoisotopic (exact) mass is 228 g/mol. The van der Waals surface area contributed by atoms with Gasteiger partial charge in [0.05, 0.1) is 4.88 Å². The summed E-state index contributed by atoms with van der Waals surface area (Å²) in [5.74, 6) is 0.288. The molecule has 3 rings (SSSR count). The topological polar surface area (TPSA) is 17.1 Å². The number of rotatable bonds is 1. The van der Waals surface area contributed by atoms with Crippen molar-refractivity contribution in [3.8, 4) is 0 Å². The normalized spacial score (nSPS) is 23.4. The SMILES string of the molecule is CC1(c2ccccc2)CC(=O)c2sccc21. The average Bonchev–Trinajstić information content (AvgIpc) is 2.86. The van der Waals surface area contributed by atoms with Crippen LogP contribution in [-0.4, -0.2) is 5.78 Å². The fourth-order valence-corrected chi connectivity index (χ4v) is 3.48. The molecular weight excluding hydrogens is 216 g/mol. The molecule has 0 bridgehead atoms. The lowest BCUT2D eigenvalue weighted by Crippen LogP contribution is -2.20. The number of hydrogen-bond acceptors (Lipinski definition) is 2. The third kappa shape index (κ3) is 1.20. The molecule has 0 radical (unpaired) electrons. The minimum absolute atomic E-state index is 0.117. The highest BCUT2D eigenvalue weighted by atomic mass is 32.1. The van der Waals surface area contributed by atoms with E-state index in [4.69, 9.17) is 0 Å². The van der Waals surface area contributed by atoms with Crippen LogP contribution in [0.2, 0.25) is 0 Å². The Labute approximate surface area is 98.7 Å². The van der Waals surface area contributed by atoms with Gasteiger partial charge in [-0.05, 0) is 22.6 Å². The highest BCUT2D eigenvalue weighted by molar-refractivity contribution is 7.12. The molecule has 1 aromatic carbocycles. The Morgan fingerprint density at radius 3 is 2.69 bits per heavy atom. The summed E-state index contributed by atoms with van der Waals surface area (Å²) in [5.41, 5.74) is 2.32. The van der Waals surface area contributed by atoms with Crippen LogP contribution in [0.25, 0.3) is 0 Å². The van der Waals surface area contributed by atoms with Gasteiger partial charge in [-0.3, -0.25) is 4.79 Å². The van der Waals surface area contributed by atoms with Crippen LogP contribution in [0.5, 0.6) is 0 Å². The van der Waals surface area contributed by atoms with Gasteiger partial charge in [0.25, 0.3) is 0 Å². The summed E-state index contributed by atoms with van der Waals surface area (Å²) in [6, 6.07) is 12.4. The number of thiophene rings is 1. The molecule has 1 nitrogen and oxygen atoms in total. The van der Waals surface area contributed by atoms with Gasteiger partial charge in [-0.15, -0.1) is 11.3 Å². The van der Waals surface area contributed by atoms with Crippen molar-refractivity contribution in [2.45, 2.75) is 18.8 Å². The number of ketones is 1. The number of hydrogen-bond donors (Lipinski definition) is 0. The van der Waals surface area contributed by atoms with E-state index in [0.29, 0.717) is 6.42 Å². The van der Waals surface area contributed by atoms with Crippen LogP contribution in [0, 0.1) is 0 Å². The Morgan fingerprint density at radius 1 is 1.19 bits per heavy atom. The Bertz CT molecular complexity index is 541. The van der Waals surface area contributed by atoms with Crippen molar-refractivity contribution in [1.29, 1.82) is 0 Å². The van der Waals surface area contributed by atoms with E-state index in [9.17, 15) is 4.79 Å². The summed E-state index contributed by atoms with van der Waals surface area (Å²) in [5, 5.41) is 2.02. The second kappa shape index (κ2) is 3.29. The molecule has 80 valence electrons. The van der Waals surface area contributed by atoms with Crippen molar-refractivity contribution in [2.24, 2.45) is 0 Å². The lowest BCUT2D eigenvalue weighted by atomic mass is 9.78. The molecule has 0 fully saturated rings. The lowest BCUT2D eigenvalue weighted by molar-refractivity contribution is 0.0985. The first kappa shape index (κ1) is 9.79. The average molecular weight is 228 g/mol. The van der Waals surface area contributed by atoms with Crippen LogP contribution in [-0.2, 0) is 5.41 Å². The molecule has 2 aromatic rings. The van der Waals surface area contributed by atoms with Gasteiger partial charge in [0, 0.05) is 11.8 Å². The zero-order valence-electron chi connectivity index (χ0n) is 9.07. The quantitative estimate of drug-likeness (QED) is 0.728. The predicted octanol–water partition coefficient (Wildman–Crippen LogP) is 3.64. The van der Waals surface area contributed by atoms with Crippen LogP contribution in [0.3, 0.4) is 0 Å². The van der Waals surface area contributed by atoms with Gasteiger partial charge in [-0.1, -0.05) is 37.3 Å². The maximum Gasteiger partial charge on any atom is 0.174 e. The molecule has 0 amide bonds. The first-order valence-corrected chi connectivity index (χ1v) is 6.26. The van der Waals surface area contributed by atoms with E-state index >= 15 is 0 Å². The van der Waals surface area contributed by atoms with Crippen molar-refractivity contribution in [3.05, 3.63) is 57.8 Å². The van der Waals surface area contributed by atoms with Crippen LogP contribution in [0.1, 0.15) is 34.1 Å². The van der Waals surface area contributed by atoms with Gasteiger partial charge in [-0.2, -0.15) is 0 Å². The molecule has 1 aromatic heterocycles. The molecule has 1 heterocycles. The first-order valence-electron chi connectivity index (χ1n) is 5.38. The van der Waals surface area contributed by atoms with E-state index in [-0.39, 0.29) is 11.2 Å². The van der Waals surface area contributed by atoms with Crippen LogP contribution in [0.15, 0.2) is 41.8 Å². The summed E-state index contributed by atoms with van der Waals surface area (Å²) in [6.07, 6.45) is 0.610. The van der Waals surface area contributed by atoms with Gasteiger partial charge in [-0.25, -0.2) is 0 Å². The third-order valence-electron chi connectivity index (χ3n) is 3.44. The molecule has 0 aliphatic heterocycles. The molecular formula is C14H12OS. The van der Waals surface area contributed by atoms with Crippen molar-refractivity contribution in [2.75, 3.05) is 0 Å². The Hall–Kier alpha value is -1.41. The molecule has 1 aliphatic carbocycles. The molecule has 0 saturated heterocycles. The highest BCUT2D eigenvalue weighted by Crippen LogP contribution is 2.45. The molecule has 0 spiro atoms. The summed E-state index contributed by atoms with van der Waals surface area (Å²) in [6.45, 7) is 2.17. The van der Waals surface area contributed by atoms with Crippen LogP contribution in [0.4, 0.5) is 0 Å². The standard InChI is InChI=1S/C14H12OS/c1-14(10-5-3-2-4-6-10)9-12(15)13-11(14)7-8-16-13/h2-8H,9H2,1H3. The molecule has 1 aliphatic rings. The molecule has 2 heteroatoms. The predicted molar refractivity (Wildman–Crippen MR) is 66.2 cm³/mol. The zero-order chi connectivity index (χ0) is 11.2. The molecule has 0 saturated carbocycles. The minimum Gasteiger partial charge on any atom is -0.293 e. The number of benzene rings is 1. The Morgan fingerprint density at radius 2 is 1.94 bits per heavy atom. The van der Waals surface area contributed by atoms with E-state index in [1.807, 2.05) is 23.6 Å². The number of carbonyl (C=O) groups excluding carboxylic acids is 1. The van der Waals surface area contributed by atoms with Gasteiger partial charge in [0.1, 0.15) is 0 Å². The maximum absolute atomic E-state index is 11.9. The summed E-state index contributed by atoms with van der Waals surface area (Å²) in [7, 11) is 0. The Kier molecular flexibility index (Phi) is 2.01. The fourth-order valence-electron chi connectivity index (χ4n) is 2.52. The van der Waals surface area contributed by atoms with E-state index in [1.165, 1.54) is 11.1 Å². The smallest absolute Gasteiger partial charge is 0.174 e. The zero-order valence-corrected chi connectivity index (χ0v) is 9.88. The largest absolute Gasteiger partial charge is 0.293 e. The van der Waals surface area contributed by atoms with Gasteiger partial charge in [0.15, 0.2) is 5.78 Å². The summed E-state index contributed by atoms with van der Waals surface area (Å²) in [4.78, 5) is 12.9. The van der Waals surface area contributed by atoms with E-state index in [2.05, 4.69) is 25.1 Å². The number of fused-ring (bicyclic) bond motifs is 1. The van der Waals surface area contributed by atoms with Gasteiger partial charge < -0.3 is 0 Å². The van der Waals surface area contributed by atoms with Gasteiger partial charge in [0.2, 0.25) is 0 Å². The highest BCUT2D eigenvalue weighted by Gasteiger charge is 2.41. The van der Waals surface area contributed by atoms with Crippen molar-refractivity contribution in [1.82, 2.24) is 0 Å². The summed E-state index contributed by atoms with van der Waals surface area (Å²) < 4.78 is 0. The van der Waals surface area contributed by atoms with Gasteiger partial charge >= 0.3 is 0 Å². The van der Waals surface area contributed by atoms with E-state index < -0.39 is 0 Å². The van der Waals surface area contributed by atoms with Crippen LogP contribution >= 0.6 is 11.3 Å². The molecule has 0 N–H and O–H groups in total. The molecule has 1 atom stereocenters. The lowest BCUT2D eigenvalue weighted by Gasteiger charge is -2.24. The van der Waals surface area contributed by atoms with Crippen molar-refractivity contribution in [3.63, 3.8) is 0 Å². The summed E-state index contributed by atoms with van der Waals surface area (Å²) >= 11 is 1.57. The maximum atomic E-state index is 11.9. The van der Waals surface area contributed by atoms with Crippen LogP contribution < -0.4 is 0 Å². The van der Waals surface area contributed by atoms with Crippen molar-refractivity contribution < 1.29 is 4.79 Å². The third-order valence-corrected chi connectivity index (χ3v) is 4.39. The number of Topliss-reactive ketones (excluding diaryl/α,β-unsaturated/α-hetero) is 1. The second-order valence-corrected chi connectivity index (χ2v) is 5.38. The Balaban J connectivity index is 2.19. The minimum atomic E-state index is -0.117. The molecule has 1 unspecified atom stereocenters.